The van der Waals surface area contributed by atoms with E-state index in [4.69, 9.17) is 26.1 Å². The molecule has 8 heteroatoms. The van der Waals surface area contributed by atoms with Crippen molar-refractivity contribution in [1.82, 2.24) is 4.57 Å². The highest BCUT2D eigenvalue weighted by Crippen LogP contribution is 2.35. The molecule has 6 aromatic rings. The average Bonchev–Trinajstić information content (AvgIpc) is 3.37. The van der Waals surface area contributed by atoms with Crippen molar-refractivity contribution in [3.63, 3.8) is 0 Å². The molecule has 0 spiro atoms. The van der Waals surface area contributed by atoms with E-state index in [0.717, 1.165) is 32.7 Å². The summed E-state index contributed by atoms with van der Waals surface area (Å²) in [5.41, 5.74) is 2.98. The van der Waals surface area contributed by atoms with Crippen LogP contribution >= 0.6 is 22.9 Å². The first-order valence-electron chi connectivity index (χ1n) is 15.0. The van der Waals surface area contributed by atoms with Crippen molar-refractivity contribution in [1.29, 1.82) is 0 Å². The molecule has 1 aliphatic heterocycles. The topological polar surface area (TPSA) is 69.9 Å². The van der Waals surface area contributed by atoms with E-state index >= 15 is 0 Å². The largest absolute Gasteiger partial charge is 0.488 e. The summed E-state index contributed by atoms with van der Waals surface area (Å²) in [6.45, 7) is 4.06. The molecule has 6 nitrogen and oxygen atoms in total. The Bertz CT molecular complexity index is 2370. The van der Waals surface area contributed by atoms with Crippen LogP contribution in [0.15, 0.2) is 124 Å². The second-order valence-corrected chi connectivity index (χ2v) is 12.4. The van der Waals surface area contributed by atoms with Gasteiger partial charge in [0.05, 0.1) is 22.4 Å². The molecular weight excluding hydrogens is 616 g/mol. The fourth-order valence-corrected chi connectivity index (χ4v) is 7.31. The molecule has 0 saturated carbocycles. The number of allylic oxidation sites excluding steroid dienone is 1. The predicted molar refractivity (Wildman–Crippen MR) is 184 cm³/mol. The Morgan fingerprint density at radius 2 is 1.61 bits per heavy atom. The second kappa shape index (κ2) is 12.4. The first-order valence-corrected chi connectivity index (χ1v) is 16.2. The van der Waals surface area contributed by atoms with E-state index < -0.39 is 12.0 Å². The van der Waals surface area contributed by atoms with Gasteiger partial charge in [0.1, 0.15) is 18.4 Å². The molecule has 46 heavy (non-hydrogen) atoms. The number of carbonyl (C=O) groups excluding carboxylic acids is 1. The van der Waals surface area contributed by atoms with Gasteiger partial charge in [0, 0.05) is 10.6 Å². The molecule has 0 saturated heterocycles. The van der Waals surface area contributed by atoms with Crippen LogP contribution < -0.4 is 19.6 Å². The highest BCUT2D eigenvalue weighted by molar-refractivity contribution is 7.07. The summed E-state index contributed by atoms with van der Waals surface area (Å²) in [6.07, 6.45) is 1.87. The van der Waals surface area contributed by atoms with E-state index in [2.05, 4.69) is 24.3 Å². The maximum absolute atomic E-state index is 14.3. The predicted octanol–water partition coefficient (Wildman–Crippen LogP) is 7.34. The van der Waals surface area contributed by atoms with Crippen LogP contribution in [0.2, 0.25) is 5.02 Å². The summed E-state index contributed by atoms with van der Waals surface area (Å²) < 4.78 is 13.9. The normalized spacial score (nSPS) is 14.8. The second-order valence-electron chi connectivity index (χ2n) is 10.9. The van der Waals surface area contributed by atoms with Gasteiger partial charge in [-0.2, -0.15) is 0 Å². The van der Waals surface area contributed by atoms with Crippen LogP contribution in [0.25, 0.3) is 27.6 Å². The van der Waals surface area contributed by atoms with Gasteiger partial charge in [-0.1, -0.05) is 114 Å². The monoisotopic (exact) mass is 644 g/mol. The molecule has 228 valence electrons. The van der Waals surface area contributed by atoms with Gasteiger partial charge < -0.3 is 9.47 Å². The molecule has 0 aliphatic carbocycles. The van der Waals surface area contributed by atoms with Crippen molar-refractivity contribution < 1.29 is 14.3 Å². The number of hydrogen-bond donors (Lipinski definition) is 0. The zero-order valence-corrected chi connectivity index (χ0v) is 26.8. The Balaban J connectivity index is 1.39. The fourth-order valence-electron chi connectivity index (χ4n) is 6.04. The number of hydrogen-bond acceptors (Lipinski definition) is 6. The van der Waals surface area contributed by atoms with Crippen LogP contribution in [-0.4, -0.2) is 17.1 Å². The number of carbonyl (C=O) groups is 1. The lowest BCUT2D eigenvalue weighted by Crippen LogP contribution is -2.40. The summed E-state index contributed by atoms with van der Waals surface area (Å²) in [5, 5.41) is 4.70. The van der Waals surface area contributed by atoms with Gasteiger partial charge in [-0.25, -0.2) is 9.79 Å². The number of thiazole rings is 1. The number of halogens is 1. The maximum Gasteiger partial charge on any atom is 0.338 e. The lowest BCUT2D eigenvalue weighted by Gasteiger charge is -2.25. The summed E-state index contributed by atoms with van der Waals surface area (Å²) in [7, 11) is 0. The smallest absolute Gasteiger partial charge is 0.338 e. The van der Waals surface area contributed by atoms with Crippen molar-refractivity contribution >= 4 is 56.5 Å². The van der Waals surface area contributed by atoms with Gasteiger partial charge in [-0.15, -0.1) is 0 Å². The van der Waals surface area contributed by atoms with Crippen LogP contribution in [0.1, 0.15) is 36.6 Å². The van der Waals surface area contributed by atoms with Gasteiger partial charge in [-0.3, -0.25) is 9.36 Å². The quantitative estimate of drug-likeness (QED) is 0.171. The molecule has 0 radical (unpaired) electrons. The Labute approximate surface area is 274 Å². The van der Waals surface area contributed by atoms with E-state index in [1.54, 1.807) is 24.5 Å². The van der Waals surface area contributed by atoms with Crippen LogP contribution in [0, 0.1) is 0 Å². The SMILES string of the molecule is CCOC(=O)C1=C(C)N=c2s/c(=C\c3c(OCc4cccc5ccccc45)ccc4ccccc34)c(=O)n2[C@H]1c1ccccc1Cl. The lowest BCUT2D eigenvalue weighted by molar-refractivity contribution is -0.139. The van der Waals surface area contributed by atoms with Crippen molar-refractivity contribution in [2.24, 2.45) is 4.99 Å². The maximum atomic E-state index is 14.3. The number of ether oxygens (including phenoxy) is 2. The zero-order valence-electron chi connectivity index (χ0n) is 25.2. The van der Waals surface area contributed by atoms with E-state index in [1.807, 2.05) is 78.9 Å². The number of fused-ring (bicyclic) bond motifs is 3. The molecule has 0 bridgehead atoms. The zero-order chi connectivity index (χ0) is 31.8. The Morgan fingerprint density at radius 1 is 0.913 bits per heavy atom. The summed E-state index contributed by atoms with van der Waals surface area (Å²) in [6, 6.07) is 32.9. The van der Waals surface area contributed by atoms with E-state index in [1.165, 1.54) is 11.3 Å². The number of aromatic nitrogens is 1. The van der Waals surface area contributed by atoms with E-state index in [0.29, 0.717) is 38.0 Å². The number of rotatable bonds is 7. The minimum atomic E-state index is -0.791. The van der Waals surface area contributed by atoms with Gasteiger partial charge in [-0.05, 0) is 64.7 Å². The van der Waals surface area contributed by atoms with Gasteiger partial charge in [0.15, 0.2) is 4.80 Å². The molecule has 0 N–H and O–H groups in total. The van der Waals surface area contributed by atoms with Gasteiger partial charge in [0.2, 0.25) is 0 Å². The molecule has 1 atom stereocenters. The Hall–Kier alpha value is -4.98. The van der Waals surface area contributed by atoms with Crippen molar-refractivity contribution in [2.75, 3.05) is 6.61 Å². The molecule has 1 aliphatic rings. The van der Waals surface area contributed by atoms with Crippen LogP contribution in [0.3, 0.4) is 0 Å². The molecule has 1 aromatic heterocycles. The first-order chi connectivity index (χ1) is 22.4. The molecule has 2 heterocycles. The van der Waals surface area contributed by atoms with Gasteiger partial charge in [0.25, 0.3) is 5.56 Å². The fraction of sp³-hybridized carbons (Fsp3) is 0.132. The third kappa shape index (κ3) is 5.31. The van der Waals surface area contributed by atoms with Crippen LogP contribution in [-0.2, 0) is 16.1 Å². The molecule has 7 rings (SSSR count). The molecule has 0 unspecified atom stereocenters. The number of esters is 1. The van der Waals surface area contributed by atoms with Crippen molar-refractivity contribution in [3.05, 3.63) is 156 Å². The van der Waals surface area contributed by atoms with Crippen LogP contribution in [0.4, 0.5) is 0 Å². The number of benzene rings is 5. The lowest BCUT2D eigenvalue weighted by atomic mass is 9.96. The first kappa shape index (κ1) is 29.7. The average molecular weight is 645 g/mol. The minimum Gasteiger partial charge on any atom is -0.488 e. The highest BCUT2D eigenvalue weighted by atomic mass is 35.5. The molecular formula is C38H29ClN2O4S. The highest BCUT2D eigenvalue weighted by Gasteiger charge is 2.34. The molecule has 5 aromatic carbocycles. The number of nitrogens with zero attached hydrogens (tertiary/aromatic N) is 2. The molecule has 0 fully saturated rings. The Kier molecular flexibility index (Phi) is 8.03. The molecule has 0 amide bonds. The van der Waals surface area contributed by atoms with Crippen molar-refractivity contribution in [3.8, 4) is 5.75 Å². The standard InChI is InChI=1S/C38H29ClN2O4S/c1-3-44-37(43)34-23(2)40-38-41(35(34)29-17-8-9-18-31(29)39)36(42)33(46-38)21-30-28-16-7-5-12-25(28)19-20-32(30)45-22-26-14-10-13-24-11-4-6-15-27(24)26/h4-21,35H,3,22H2,1-2H3/b33-21-/t35-/m0/s1. The Morgan fingerprint density at radius 3 is 2.39 bits per heavy atom. The van der Waals surface area contributed by atoms with Gasteiger partial charge >= 0.3 is 5.97 Å². The summed E-state index contributed by atoms with van der Waals surface area (Å²) >= 11 is 7.94. The third-order valence-corrected chi connectivity index (χ3v) is 9.51. The van der Waals surface area contributed by atoms with E-state index in [-0.39, 0.29) is 17.7 Å². The van der Waals surface area contributed by atoms with E-state index in [9.17, 15) is 9.59 Å². The summed E-state index contributed by atoms with van der Waals surface area (Å²) in [5.74, 6) is 0.129. The van der Waals surface area contributed by atoms with Crippen LogP contribution in [0.5, 0.6) is 5.75 Å². The van der Waals surface area contributed by atoms with Crippen molar-refractivity contribution in [2.45, 2.75) is 26.5 Å². The third-order valence-electron chi connectivity index (χ3n) is 8.19. The minimum absolute atomic E-state index is 0.192. The summed E-state index contributed by atoms with van der Waals surface area (Å²) in [4.78, 5) is 32.8.